The van der Waals surface area contributed by atoms with E-state index >= 15 is 0 Å². The maximum atomic E-state index is 12.6. The lowest BCUT2D eigenvalue weighted by Crippen LogP contribution is -2.44. The van der Waals surface area contributed by atoms with Crippen LogP contribution in [0.4, 0.5) is 16.2 Å². The van der Waals surface area contributed by atoms with Crippen molar-refractivity contribution in [3.8, 4) is 11.5 Å². The highest BCUT2D eigenvalue weighted by atomic mass is 16.5. The summed E-state index contributed by atoms with van der Waals surface area (Å²) in [6.45, 7) is 3.53. The lowest BCUT2D eigenvalue weighted by molar-refractivity contribution is 0.0168. The summed E-state index contributed by atoms with van der Waals surface area (Å²) in [5.41, 5.74) is 2.88. The number of rotatable bonds is 8. The van der Waals surface area contributed by atoms with Gasteiger partial charge in [0, 0.05) is 45.5 Å². The number of hydrogen-bond donors (Lipinski definition) is 2. The second-order valence-electron chi connectivity index (χ2n) is 7.55. The average molecular weight is 429 g/mol. The summed E-state index contributed by atoms with van der Waals surface area (Å²) in [4.78, 5) is 17.1. The Balaban J connectivity index is 1.69. The molecule has 0 spiro atoms. The number of amides is 2. The summed E-state index contributed by atoms with van der Waals surface area (Å²) in [7, 11) is 7.19. The van der Waals surface area contributed by atoms with Crippen LogP contribution >= 0.6 is 0 Å². The molecular weight excluding hydrogens is 396 g/mol. The van der Waals surface area contributed by atoms with Gasteiger partial charge in [0.15, 0.2) is 0 Å². The molecule has 8 heteroatoms. The topological polar surface area (TPSA) is 75.3 Å². The quantitative estimate of drug-likeness (QED) is 0.673. The Bertz CT molecular complexity index is 851. The molecule has 168 valence electrons. The highest BCUT2D eigenvalue weighted by Gasteiger charge is 2.23. The van der Waals surface area contributed by atoms with Gasteiger partial charge in [-0.25, -0.2) is 4.79 Å². The maximum Gasteiger partial charge on any atom is 0.319 e. The number of benzene rings is 2. The van der Waals surface area contributed by atoms with Gasteiger partial charge >= 0.3 is 6.03 Å². The number of anilines is 2. The summed E-state index contributed by atoms with van der Waals surface area (Å²) in [6.07, 6.45) is 0. The molecule has 0 aromatic heterocycles. The Kier molecular flexibility index (Phi) is 7.97. The molecule has 1 atom stereocenters. The van der Waals surface area contributed by atoms with Crippen LogP contribution in [0.1, 0.15) is 11.6 Å². The standard InChI is InChI=1S/C23H32N4O4/c1-26(2)18-7-5-17(6-8-18)21(27-11-13-31-14-12-27)16-24-23(28)25-20-10-9-19(29-3)15-22(20)30-4/h5-10,15,21H,11-14,16H2,1-4H3,(H2,24,25,28). The van der Waals surface area contributed by atoms with E-state index in [1.165, 1.54) is 0 Å². The lowest BCUT2D eigenvalue weighted by Gasteiger charge is -2.35. The van der Waals surface area contributed by atoms with Gasteiger partial charge < -0.3 is 29.7 Å². The number of nitrogens with zero attached hydrogens (tertiary/aromatic N) is 2. The van der Waals surface area contributed by atoms with Crippen LogP contribution in [0.5, 0.6) is 11.5 Å². The summed E-state index contributed by atoms with van der Waals surface area (Å²) >= 11 is 0. The van der Waals surface area contributed by atoms with Crippen molar-refractivity contribution in [3.05, 3.63) is 48.0 Å². The molecule has 2 N–H and O–H groups in total. The van der Waals surface area contributed by atoms with E-state index < -0.39 is 0 Å². The summed E-state index contributed by atoms with van der Waals surface area (Å²) in [5, 5.41) is 5.88. The number of nitrogens with one attached hydrogen (secondary N) is 2. The number of morpholine rings is 1. The molecule has 1 heterocycles. The van der Waals surface area contributed by atoms with Crippen LogP contribution in [0.15, 0.2) is 42.5 Å². The van der Waals surface area contributed by atoms with Gasteiger partial charge in [-0.15, -0.1) is 0 Å². The first-order valence-electron chi connectivity index (χ1n) is 10.4. The molecule has 0 bridgehead atoms. The molecule has 1 aliphatic heterocycles. The van der Waals surface area contributed by atoms with Gasteiger partial charge in [0.05, 0.1) is 39.2 Å². The Morgan fingerprint density at radius 1 is 1.10 bits per heavy atom. The smallest absolute Gasteiger partial charge is 0.319 e. The molecular formula is C23H32N4O4. The first kappa shape index (κ1) is 22.7. The van der Waals surface area contributed by atoms with Gasteiger partial charge in [-0.2, -0.15) is 0 Å². The SMILES string of the molecule is COc1ccc(NC(=O)NCC(c2ccc(N(C)C)cc2)N2CCOCC2)c(OC)c1. The molecule has 8 nitrogen and oxygen atoms in total. The Hall–Kier alpha value is -2.97. The minimum Gasteiger partial charge on any atom is -0.497 e. The van der Waals surface area contributed by atoms with Crippen molar-refractivity contribution in [1.82, 2.24) is 10.2 Å². The lowest BCUT2D eigenvalue weighted by atomic mass is 10.0. The van der Waals surface area contributed by atoms with Crippen LogP contribution in [0.25, 0.3) is 0 Å². The molecule has 1 saturated heterocycles. The number of hydrogen-bond acceptors (Lipinski definition) is 6. The van der Waals surface area contributed by atoms with Crippen molar-refractivity contribution in [3.63, 3.8) is 0 Å². The second kappa shape index (κ2) is 10.9. The first-order chi connectivity index (χ1) is 15.0. The third kappa shape index (κ3) is 6.02. The number of ether oxygens (including phenoxy) is 3. The largest absolute Gasteiger partial charge is 0.497 e. The van der Waals surface area contributed by atoms with Crippen molar-refractivity contribution >= 4 is 17.4 Å². The molecule has 2 aromatic rings. The maximum absolute atomic E-state index is 12.6. The normalized spacial score (nSPS) is 15.1. The van der Waals surface area contributed by atoms with Crippen molar-refractivity contribution in [1.29, 1.82) is 0 Å². The highest BCUT2D eigenvalue weighted by Crippen LogP contribution is 2.29. The molecule has 3 rings (SSSR count). The Morgan fingerprint density at radius 3 is 2.42 bits per heavy atom. The van der Waals surface area contributed by atoms with Gasteiger partial charge in [0.25, 0.3) is 0 Å². The Morgan fingerprint density at radius 2 is 1.81 bits per heavy atom. The van der Waals surface area contributed by atoms with E-state index in [0.29, 0.717) is 36.9 Å². The molecule has 0 saturated carbocycles. The first-order valence-corrected chi connectivity index (χ1v) is 10.4. The van der Waals surface area contributed by atoms with Crippen LogP contribution in [0, 0.1) is 0 Å². The van der Waals surface area contributed by atoms with Gasteiger partial charge in [-0.1, -0.05) is 12.1 Å². The van der Waals surface area contributed by atoms with E-state index in [0.717, 1.165) is 24.3 Å². The van der Waals surface area contributed by atoms with E-state index in [-0.39, 0.29) is 12.1 Å². The molecule has 0 aliphatic carbocycles. The van der Waals surface area contributed by atoms with Gasteiger partial charge in [-0.05, 0) is 29.8 Å². The molecule has 2 aromatic carbocycles. The van der Waals surface area contributed by atoms with E-state index in [2.05, 4.69) is 44.7 Å². The molecule has 0 radical (unpaired) electrons. The van der Waals surface area contributed by atoms with Crippen LogP contribution < -0.4 is 25.0 Å². The van der Waals surface area contributed by atoms with Crippen molar-refractivity contribution in [2.45, 2.75) is 6.04 Å². The van der Waals surface area contributed by atoms with Gasteiger partial charge in [0.2, 0.25) is 0 Å². The molecule has 1 aliphatic rings. The number of carbonyl (C=O) groups excluding carboxylic acids is 1. The molecule has 31 heavy (non-hydrogen) atoms. The number of methoxy groups -OCH3 is 2. The zero-order valence-electron chi connectivity index (χ0n) is 18.7. The third-order valence-corrected chi connectivity index (χ3v) is 5.39. The van der Waals surface area contributed by atoms with E-state index in [1.807, 2.05) is 14.1 Å². The van der Waals surface area contributed by atoms with E-state index in [1.54, 1.807) is 32.4 Å². The van der Waals surface area contributed by atoms with Gasteiger partial charge in [-0.3, -0.25) is 4.90 Å². The summed E-state index contributed by atoms with van der Waals surface area (Å²) < 4.78 is 16.1. The minimum atomic E-state index is -0.286. The fourth-order valence-electron chi connectivity index (χ4n) is 3.60. The van der Waals surface area contributed by atoms with Crippen LogP contribution in [-0.4, -0.2) is 72.1 Å². The Labute approximate surface area is 184 Å². The van der Waals surface area contributed by atoms with E-state index in [4.69, 9.17) is 14.2 Å². The average Bonchev–Trinajstić information content (AvgIpc) is 2.80. The van der Waals surface area contributed by atoms with Crippen LogP contribution in [0.3, 0.4) is 0 Å². The van der Waals surface area contributed by atoms with Crippen LogP contribution in [-0.2, 0) is 4.74 Å². The minimum absolute atomic E-state index is 0.0589. The van der Waals surface area contributed by atoms with Crippen LogP contribution in [0.2, 0.25) is 0 Å². The van der Waals surface area contributed by atoms with Crippen molar-refractivity contribution in [2.75, 3.05) is 71.4 Å². The number of carbonyl (C=O) groups is 1. The van der Waals surface area contributed by atoms with Crippen molar-refractivity contribution < 1.29 is 19.0 Å². The summed E-state index contributed by atoms with van der Waals surface area (Å²) in [6, 6.07) is 13.5. The number of urea groups is 1. The fourth-order valence-corrected chi connectivity index (χ4v) is 3.60. The summed E-state index contributed by atoms with van der Waals surface area (Å²) in [5.74, 6) is 1.20. The molecule has 1 fully saturated rings. The third-order valence-electron chi connectivity index (χ3n) is 5.39. The van der Waals surface area contributed by atoms with Gasteiger partial charge in [0.1, 0.15) is 11.5 Å². The predicted octanol–water partition coefficient (Wildman–Crippen LogP) is 2.96. The zero-order chi connectivity index (χ0) is 22.2. The molecule has 2 amide bonds. The second-order valence-corrected chi connectivity index (χ2v) is 7.55. The monoisotopic (exact) mass is 428 g/mol. The highest BCUT2D eigenvalue weighted by molar-refractivity contribution is 5.91. The fraction of sp³-hybridized carbons (Fsp3) is 0.435. The predicted molar refractivity (Wildman–Crippen MR) is 122 cm³/mol. The zero-order valence-corrected chi connectivity index (χ0v) is 18.7. The van der Waals surface area contributed by atoms with Crippen molar-refractivity contribution in [2.24, 2.45) is 0 Å². The molecule has 1 unspecified atom stereocenters. The van der Waals surface area contributed by atoms with E-state index in [9.17, 15) is 4.79 Å².